The molecule has 0 saturated heterocycles. The Labute approximate surface area is 84.6 Å². The molecule has 0 amide bonds. The first-order chi connectivity index (χ1) is 6.22. The Morgan fingerprint density at radius 1 is 1.46 bits per heavy atom. The maximum atomic E-state index is 4.60. The van der Waals surface area contributed by atoms with Crippen molar-refractivity contribution in [2.24, 2.45) is 0 Å². The van der Waals surface area contributed by atoms with E-state index in [4.69, 9.17) is 0 Å². The number of hydrogen-bond acceptors (Lipinski definition) is 2. The van der Waals surface area contributed by atoms with Crippen molar-refractivity contribution in [2.75, 3.05) is 0 Å². The molecule has 13 heavy (non-hydrogen) atoms. The van der Waals surface area contributed by atoms with E-state index in [1.807, 2.05) is 18.3 Å². The molecule has 1 atom stereocenters. The normalized spacial score (nSPS) is 16.5. The van der Waals surface area contributed by atoms with Crippen LogP contribution in [0.2, 0.25) is 0 Å². The number of hydrogen-bond donors (Lipinski definition) is 0. The summed E-state index contributed by atoms with van der Waals surface area (Å²) in [4.78, 5) is 4.60. The van der Waals surface area contributed by atoms with Gasteiger partial charge in [-0.2, -0.15) is 0 Å². The van der Waals surface area contributed by atoms with Crippen LogP contribution in [0.5, 0.6) is 0 Å². The fourth-order valence-electron chi connectivity index (χ4n) is 1.16. The molecule has 1 rings (SSSR count). The highest BCUT2D eigenvalue weighted by atomic mass is 32.1. The quantitative estimate of drug-likeness (QED) is 0.634. The van der Waals surface area contributed by atoms with Gasteiger partial charge in [0.15, 0.2) is 0 Å². The second-order valence-electron chi connectivity index (χ2n) is 3.19. The topological polar surface area (TPSA) is 12.9 Å². The molecule has 3 heteroatoms. The summed E-state index contributed by atoms with van der Waals surface area (Å²) in [7, 11) is 2.23. The minimum Gasteiger partial charge on any atom is -0.242 e. The predicted octanol–water partition coefficient (Wildman–Crippen LogP) is 0.828. The largest absolute Gasteiger partial charge is 0.242 e. The Morgan fingerprint density at radius 2 is 2.15 bits per heavy atom. The summed E-state index contributed by atoms with van der Waals surface area (Å²) in [5.41, 5.74) is 0. The van der Waals surface area contributed by atoms with E-state index in [2.05, 4.69) is 38.8 Å². The Kier molecular flexibility index (Phi) is 3.73. The lowest BCUT2D eigenvalue weighted by atomic mass is 9.86. The maximum absolute atomic E-state index is 4.60. The summed E-state index contributed by atoms with van der Waals surface area (Å²) in [5.74, 6) is 0.595. The van der Waals surface area contributed by atoms with E-state index in [0.717, 1.165) is 5.35 Å². The molecule has 0 aliphatic heterocycles. The molecule has 1 aromatic rings. The Balaban J connectivity index is 3.23. The van der Waals surface area contributed by atoms with Gasteiger partial charge in [0.25, 0.3) is 0 Å². The number of thiazole rings is 1. The van der Waals surface area contributed by atoms with E-state index in [0.29, 0.717) is 5.82 Å². The molecule has 0 saturated carbocycles. The smallest absolute Gasteiger partial charge is 0.114 e. The summed E-state index contributed by atoms with van der Waals surface area (Å²) >= 11 is 1.82. The van der Waals surface area contributed by atoms with E-state index < -0.39 is 0 Å². The van der Waals surface area contributed by atoms with Crippen molar-refractivity contribution >= 4 is 31.3 Å². The summed E-state index contributed by atoms with van der Waals surface area (Å²) in [6.07, 6.45) is 5.39. The van der Waals surface area contributed by atoms with Crippen LogP contribution < -0.4 is 9.88 Å². The number of rotatable bonds is 2. The molecule has 1 aromatic heterocycles. The van der Waals surface area contributed by atoms with Crippen LogP contribution in [-0.2, 0) is 0 Å². The molecule has 0 aromatic carbocycles. The van der Waals surface area contributed by atoms with Gasteiger partial charge in [-0.25, -0.2) is 4.98 Å². The van der Waals surface area contributed by atoms with Gasteiger partial charge in [-0.3, -0.25) is 0 Å². The van der Waals surface area contributed by atoms with E-state index in [1.165, 1.54) is 16.0 Å². The summed E-state index contributed by atoms with van der Waals surface area (Å²) in [6, 6.07) is 0. The third-order valence-electron chi connectivity index (χ3n) is 2.27. The molecule has 0 spiro atoms. The Morgan fingerprint density at radius 3 is 2.54 bits per heavy atom. The second kappa shape index (κ2) is 4.61. The lowest BCUT2D eigenvalue weighted by Gasteiger charge is -2.00. The second-order valence-corrected chi connectivity index (χ2v) is 4.25. The summed E-state index contributed by atoms with van der Waals surface area (Å²) in [5, 5.41) is 2.41. The van der Waals surface area contributed by atoms with Crippen LogP contribution in [0.25, 0.3) is 12.2 Å². The van der Waals surface area contributed by atoms with Crippen LogP contribution in [0.15, 0.2) is 0 Å². The minimum atomic E-state index is 0.595. The fraction of sp³-hybridized carbons (Fsp3) is 0.500. The molecule has 1 heterocycles. The average molecular weight is 193 g/mol. The third kappa shape index (κ3) is 2.22. The highest BCUT2D eigenvalue weighted by Crippen LogP contribution is 2.13. The van der Waals surface area contributed by atoms with Crippen LogP contribution in [-0.4, -0.2) is 12.8 Å². The highest BCUT2D eigenvalue weighted by molar-refractivity contribution is 7.09. The van der Waals surface area contributed by atoms with Crippen molar-refractivity contribution in [3.8, 4) is 0 Å². The zero-order valence-electron chi connectivity index (χ0n) is 8.79. The Bertz CT molecular complexity index is 349. The van der Waals surface area contributed by atoms with Gasteiger partial charge in [0.1, 0.15) is 7.85 Å². The van der Waals surface area contributed by atoms with Crippen molar-refractivity contribution in [1.82, 2.24) is 4.98 Å². The molecule has 0 aliphatic rings. The molecule has 0 aliphatic carbocycles. The van der Waals surface area contributed by atoms with Gasteiger partial charge < -0.3 is 0 Å². The average Bonchev–Trinajstić information content (AvgIpc) is 2.59. The lowest BCUT2D eigenvalue weighted by molar-refractivity contribution is 0.867. The Hall–Kier alpha value is -0.565. The third-order valence-corrected chi connectivity index (χ3v) is 3.63. The van der Waals surface area contributed by atoms with Gasteiger partial charge in [0.05, 0.1) is 10.4 Å². The molecule has 70 valence electrons. The van der Waals surface area contributed by atoms with Crippen molar-refractivity contribution < 1.29 is 0 Å². The van der Waals surface area contributed by atoms with Gasteiger partial charge in [0.2, 0.25) is 0 Å². The van der Waals surface area contributed by atoms with Crippen LogP contribution in [0, 0.1) is 0 Å². The van der Waals surface area contributed by atoms with Crippen LogP contribution in [0.3, 0.4) is 0 Å². The first kappa shape index (κ1) is 10.5. The first-order valence-electron chi connectivity index (χ1n) is 4.82. The SMILES string of the molecule is BC(CC)c1nc(=C/C)/c(=C\C)s1. The van der Waals surface area contributed by atoms with Gasteiger partial charge >= 0.3 is 0 Å². The molecule has 0 radical (unpaired) electrons. The summed E-state index contributed by atoms with van der Waals surface area (Å²) in [6.45, 7) is 6.32. The minimum absolute atomic E-state index is 0.595. The molecule has 1 nitrogen and oxygen atoms in total. The van der Waals surface area contributed by atoms with E-state index in [-0.39, 0.29) is 0 Å². The van der Waals surface area contributed by atoms with E-state index in [1.54, 1.807) is 0 Å². The molecule has 0 fully saturated rings. The van der Waals surface area contributed by atoms with Crippen LogP contribution in [0.4, 0.5) is 0 Å². The molecular weight excluding hydrogens is 177 g/mol. The van der Waals surface area contributed by atoms with Crippen molar-refractivity contribution in [3.05, 3.63) is 14.9 Å². The van der Waals surface area contributed by atoms with Crippen LogP contribution >= 0.6 is 11.3 Å². The van der Waals surface area contributed by atoms with E-state index in [9.17, 15) is 0 Å². The van der Waals surface area contributed by atoms with E-state index >= 15 is 0 Å². The van der Waals surface area contributed by atoms with Crippen molar-refractivity contribution in [2.45, 2.75) is 33.0 Å². The lowest BCUT2D eigenvalue weighted by Crippen LogP contribution is -2.19. The first-order valence-corrected chi connectivity index (χ1v) is 5.64. The van der Waals surface area contributed by atoms with Gasteiger partial charge in [-0.05, 0) is 19.7 Å². The van der Waals surface area contributed by atoms with Gasteiger partial charge in [-0.15, -0.1) is 11.3 Å². The van der Waals surface area contributed by atoms with Crippen LogP contribution in [0.1, 0.15) is 38.0 Å². The summed E-state index contributed by atoms with van der Waals surface area (Å²) < 4.78 is 1.30. The number of nitrogens with zero attached hydrogens (tertiary/aromatic N) is 1. The zero-order valence-corrected chi connectivity index (χ0v) is 9.61. The predicted molar refractivity (Wildman–Crippen MR) is 63.2 cm³/mol. The monoisotopic (exact) mass is 193 g/mol. The van der Waals surface area contributed by atoms with Gasteiger partial charge in [-0.1, -0.05) is 25.5 Å². The van der Waals surface area contributed by atoms with Gasteiger partial charge in [0, 0.05) is 4.53 Å². The molecule has 0 N–H and O–H groups in total. The number of aromatic nitrogens is 1. The molecule has 1 unspecified atom stereocenters. The van der Waals surface area contributed by atoms with Crippen molar-refractivity contribution in [1.29, 1.82) is 0 Å². The van der Waals surface area contributed by atoms with Crippen molar-refractivity contribution in [3.63, 3.8) is 0 Å². The maximum Gasteiger partial charge on any atom is 0.114 e. The standard InChI is InChI=1S/C10H16BNS/c1-4-7(11)10-12-8(5-2)9(6-3)13-10/h5-7H,4,11H2,1-3H3/b8-5+,9-6+. The fourth-order valence-corrected chi connectivity index (χ4v) is 2.28. The molecular formula is C10H16BNS. The zero-order chi connectivity index (χ0) is 9.84. The highest BCUT2D eigenvalue weighted by Gasteiger charge is 2.06. The molecule has 0 bridgehead atoms.